The molecule has 3 saturated carbocycles. The summed E-state index contributed by atoms with van der Waals surface area (Å²) in [4.78, 5) is 23.6. The number of aliphatic hydroxyl groups is 2. The van der Waals surface area contributed by atoms with Crippen molar-refractivity contribution < 1.29 is 24.6 Å². The van der Waals surface area contributed by atoms with Crippen LogP contribution in [0.1, 0.15) is 16.8 Å². The number of hydrogen-bond donors (Lipinski definition) is 4. The molecule has 164 valence electrons. The maximum atomic E-state index is 13.0. The molecular weight excluding hydrogens is 418 g/mol. The third kappa shape index (κ3) is 2.46. The van der Waals surface area contributed by atoms with E-state index in [1.807, 2.05) is 0 Å². The van der Waals surface area contributed by atoms with Crippen molar-refractivity contribution in [3.05, 3.63) is 52.1 Å². The number of fused-ring (bicyclic) bond motifs is 2. The van der Waals surface area contributed by atoms with E-state index < -0.39 is 17.1 Å². The first kappa shape index (κ1) is 19.1. The zero-order valence-electron chi connectivity index (χ0n) is 16.6. The third-order valence-electron chi connectivity index (χ3n) is 7.45. The third-order valence-corrected chi connectivity index (χ3v) is 7.45. The number of carbonyl (C=O) groups is 1. The summed E-state index contributed by atoms with van der Waals surface area (Å²) in [5, 5.41) is 44.8. The summed E-state index contributed by atoms with van der Waals surface area (Å²) >= 11 is 0. The Bertz CT molecular complexity index is 1270. The smallest absolute Gasteiger partial charge is 0.300 e. The average molecular weight is 437 g/mol. The van der Waals surface area contributed by atoms with Gasteiger partial charge in [0, 0.05) is 12.6 Å². The van der Waals surface area contributed by atoms with Crippen LogP contribution < -0.4 is 10.6 Å². The molecular formula is C21H19N5O6. The zero-order valence-corrected chi connectivity index (χ0v) is 16.6. The molecule has 1 aromatic heterocycles. The first-order chi connectivity index (χ1) is 15.4. The van der Waals surface area contributed by atoms with Gasteiger partial charge in [-0.15, -0.1) is 0 Å². The minimum atomic E-state index is -0.703. The second kappa shape index (κ2) is 6.47. The number of aliphatic hydroxyl groups excluding tert-OH is 2. The lowest BCUT2D eigenvalue weighted by molar-refractivity contribution is -0.383. The number of benzene rings is 2. The molecule has 11 nitrogen and oxygen atoms in total. The van der Waals surface area contributed by atoms with Crippen LogP contribution in [0.25, 0.3) is 11.0 Å². The van der Waals surface area contributed by atoms with Gasteiger partial charge in [0.05, 0.1) is 34.1 Å². The number of hydrogen-bond acceptors (Lipinski definition) is 9. The molecule has 0 saturated heterocycles. The zero-order chi connectivity index (χ0) is 22.2. The van der Waals surface area contributed by atoms with Crippen LogP contribution in [-0.4, -0.2) is 50.1 Å². The summed E-state index contributed by atoms with van der Waals surface area (Å²) in [6.07, 6.45) is -0.525. The molecule has 2 aromatic carbocycles. The fraction of sp³-hybridized carbons (Fsp3) is 0.381. The normalized spacial score (nSPS) is 31.6. The van der Waals surface area contributed by atoms with Crippen LogP contribution in [-0.2, 0) is 0 Å². The highest BCUT2D eigenvalue weighted by molar-refractivity contribution is 6.02. The van der Waals surface area contributed by atoms with Gasteiger partial charge in [0.15, 0.2) is 5.52 Å². The van der Waals surface area contributed by atoms with E-state index >= 15 is 0 Å². The van der Waals surface area contributed by atoms with Crippen LogP contribution in [0, 0.1) is 33.3 Å². The summed E-state index contributed by atoms with van der Waals surface area (Å²) in [5.41, 5.74) is 1.19. The number of non-ortho nitro benzene ring substituents is 1. The van der Waals surface area contributed by atoms with Crippen molar-refractivity contribution in [2.75, 3.05) is 11.9 Å². The summed E-state index contributed by atoms with van der Waals surface area (Å²) in [6, 6.07) is 9.70. The lowest BCUT2D eigenvalue weighted by atomic mass is 9.69. The minimum absolute atomic E-state index is 0.0154. The summed E-state index contributed by atoms with van der Waals surface area (Å²) in [6.45, 7) is 0.449. The van der Waals surface area contributed by atoms with Gasteiger partial charge in [-0.25, -0.2) is 4.63 Å². The monoisotopic (exact) mass is 437 g/mol. The Balaban J connectivity index is 1.21. The van der Waals surface area contributed by atoms with Crippen molar-refractivity contribution in [3.63, 3.8) is 0 Å². The van der Waals surface area contributed by atoms with E-state index in [4.69, 9.17) is 0 Å². The van der Waals surface area contributed by atoms with Crippen LogP contribution in [0.4, 0.5) is 17.1 Å². The highest BCUT2D eigenvalue weighted by Crippen LogP contribution is 2.81. The van der Waals surface area contributed by atoms with E-state index in [1.165, 1.54) is 12.1 Å². The number of nitro benzene ring substituents is 1. The predicted molar refractivity (Wildman–Crippen MR) is 110 cm³/mol. The maximum absolute atomic E-state index is 13.0. The maximum Gasteiger partial charge on any atom is 0.300 e. The van der Waals surface area contributed by atoms with E-state index in [-0.39, 0.29) is 45.8 Å². The van der Waals surface area contributed by atoms with E-state index in [0.717, 1.165) is 6.42 Å². The molecule has 1 amide bonds. The lowest BCUT2D eigenvalue weighted by Crippen LogP contribution is -2.48. The standard InChI is InChI=1S/C21H19N5O6/c27-18-10-7-21(14(10)15(21)19(18)28)8-22-20(29)9-3-1-2-4-11(9)23-12-5-6-13(26(30)31)17-16(12)24-32-25-17/h1-6,10,14-15,18-19,23,27-28H,7-8H2,(H,22,29)/t10-,14?,15+,18+,19-,21+/m1/s1. The lowest BCUT2D eigenvalue weighted by Gasteiger charge is -2.40. The van der Waals surface area contributed by atoms with Gasteiger partial charge < -0.3 is 20.8 Å². The first-order valence-corrected chi connectivity index (χ1v) is 10.3. The van der Waals surface area contributed by atoms with Crippen LogP contribution in [0.15, 0.2) is 41.0 Å². The van der Waals surface area contributed by atoms with Crippen molar-refractivity contribution in [2.24, 2.45) is 23.2 Å². The number of nitro groups is 1. The number of carbonyl (C=O) groups excluding carboxylic acids is 1. The highest BCUT2D eigenvalue weighted by Gasteiger charge is 2.83. The van der Waals surface area contributed by atoms with Gasteiger partial charge in [0.25, 0.3) is 5.91 Å². The Kier molecular flexibility index (Phi) is 3.87. The molecule has 3 aliphatic carbocycles. The Morgan fingerprint density at radius 3 is 2.66 bits per heavy atom. The minimum Gasteiger partial charge on any atom is -0.390 e. The number of amides is 1. The number of nitrogens with one attached hydrogen (secondary N) is 2. The number of para-hydroxylation sites is 1. The molecule has 4 N–H and O–H groups in total. The number of anilines is 2. The van der Waals surface area contributed by atoms with Crippen molar-refractivity contribution in [1.29, 1.82) is 0 Å². The predicted octanol–water partition coefficient (Wildman–Crippen LogP) is 1.59. The quantitative estimate of drug-likeness (QED) is 0.331. The van der Waals surface area contributed by atoms with Gasteiger partial charge >= 0.3 is 5.69 Å². The van der Waals surface area contributed by atoms with E-state index in [9.17, 15) is 25.1 Å². The second-order valence-corrected chi connectivity index (χ2v) is 8.84. The molecule has 0 aliphatic heterocycles. The summed E-state index contributed by atoms with van der Waals surface area (Å²) < 4.78 is 4.69. The number of aromatic nitrogens is 2. The van der Waals surface area contributed by atoms with Crippen molar-refractivity contribution in [2.45, 2.75) is 18.6 Å². The molecule has 0 bridgehead atoms. The van der Waals surface area contributed by atoms with Gasteiger partial charge in [-0.1, -0.05) is 12.1 Å². The van der Waals surface area contributed by atoms with Gasteiger partial charge in [-0.3, -0.25) is 14.9 Å². The Labute approximate surface area is 180 Å². The van der Waals surface area contributed by atoms with E-state index in [2.05, 4.69) is 25.6 Å². The molecule has 3 aliphatic rings. The van der Waals surface area contributed by atoms with Crippen LogP contribution in [0.2, 0.25) is 0 Å². The van der Waals surface area contributed by atoms with Gasteiger partial charge in [-0.05, 0) is 58.1 Å². The number of nitrogens with zero attached hydrogens (tertiary/aromatic N) is 3. The topological polar surface area (TPSA) is 164 Å². The Morgan fingerprint density at radius 2 is 1.91 bits per heavy atom. The van der Waals surface area contributed by atoms with Crippen molar-refractivity contribution >= 4 is 34.0 Å². The SMILES string of the molecule is O=C(NC[C@@]12C[C@@H]3C1[C@H]2[C@@H](O)[C@H]3O)c1ccccc1Nc1ccc([N+](=O)[O-])c2nonc12. The second-order valence-electron chi connectivity index (χ2n) is 8.84. The molecule has 11 heteroatoms. The average Bonchev–Trinajstić information content (AvgIpc) is 3.06. The van der Waals surface area contributed by atoms with Crippen molar-refractivity contribution in [1.82, 2.24) is 15.6 Å². The fourth-order valence-electron chi connectivity index (χ4n) is 5.96. The van der Waals surface area contributed by atoms with Crippen LogP contribution in [0.5, 0.6) is 0 Å². The molecule has 1 unspecified atom stereocenters. The molecule has 32 heavy (non-hydrogen) atoms. The van der Waals surface area contributed by atoms with Gasteiger partial charge in [0.1, 0.15) is 0 Å². The molecule has 6 atom stereocenters. The number of rotatable bonds is 6. The Hall–Kier alpha value is -3.57. The van der Waals surface area contributed by atoms with Crippen LogP contribution in [0.3, 0.4) is 0 Å². The molecule has 1 heterocycles. The van der Waals surface area contributed by atoms with Crippen molar-refractivity contribution in [3.8, 4) is 0 Å². The molecule has 6 rings (SSSR count). The fourth-order valence-corrected chi connectivity index (χ4v) is 5.96. The molecule has 0 radical (unpaired) electrons. The molecule has 0 spiro atoms. The van der Waals surface area contributed by atoms with E-state index in [0.29, 0.717) is 23.5 Å². The largest absolute Gasteiger partial charge is 0.390 e. The van der Waals surface area contributed by atoms with E-state index in [1.54, 1.807) is 24.3 Å². The summed E-state index contributed by atoms with van der Waals surface area (Å²) in [5.74, 6) is 0.210. The van der Waals surface area contributed by atoms with Gasteiger partial charge in [-0.2, -0.15) is 0 Å². The Morgan fingerprint density at radius 1 is 1.12 bits per heavy atom. The van der Waals surface area contributed by atoms with Crippen LogP contribution >= 0.6 is 0 Å². The first-order valence-electron chi connectivity index (χ1n) is 10.3. The molecule has 3 aromatic rings. The van der Waals surface area contributed by atoms with Gasteiger partial charge in [0.2, 0.25) is 5.52 Å². The molecule has 3 fully saturated rings. The summed E-state index contributed by atoms with van der Waals surface area (Å²) in [7, 11) is 0. The highest BCUT2D eigenvalue weighted by atomic mass is 16.6.